The highest BCUT2D eigenvalue weighted by atomic mass is 79.9. The van der Waals surface area contributed by atoms with Crippen LogP contribution >= 0.6 is 15.9 Å². The van der Waals surface area contributed by atoms with E-state index in [1.807, 2.05) is 18.2 Å². The van der Waals surface area contributed by atoms with Crippen LogP contribution in [-0.4, -0.2) is 44.8 Å². The van der Waals surface area contributed by atoms with Gasteiger partial charge in [0, 0.05) is 13.2 Å². The summed E-state index contributed by atoms with van der Waals surface area (Å²) in [7, 11) is 1.57. The number of halogens is 1. The molecule has 0 radical (unpaired) electrons. The lowest BCUT2D eigenvalue weighted by molar-refractivity contribution is -0.120. The minimum atomic E-state index is -0.458. The quantitative estimate of drug-likeness (QED) is 0.589. The van der Waals surface area contributed by atoms with E-state index in [2.05, 4.69) is 26.6 Å². The second-order valence-electron chi connectivity index (χ2n) is 6.49. The number of methoxy groups -OCH3 is 1. The standard InChI is InChI=1S/C20H23BrN2O6/c1-26-17-9-13(4-5-15(17)28-12-14-3-2-8-27-14)10-22-19(24)11-23-20(25)16-6-7-18(21)29-16/h4-7,9,14H,2-3,8,10-12H2,1H3,(H,22,24)(H,23,25). The zero-order valence-corrected chi connectivity index (χ0v) is 17.6. The van der Waals surface area contributed by atoms with Crippen molar-refractivity contribution < 1.29 is 28.2 Å². The molecular formula is C20H23BrN2O6. The van der Waals surface area contributed by atoms with E-state index in [1.165, 1.54) is 6.07 Å². The first kappa shape index (κ1) is 21.2. The molecule has 1 aliphatic rings. The van der Waals surface area contributed by atoms with Gasteiger partial charge in [-0.05, 0) is 58.6 Å². The summed E-state index contributed by atoms with van der Waals surface area (Å²) in [5.74, 6) is 0.580. The summed E-state index contributed by atoms with van der Waals surface area (Å²) in [6.45, 7) is 1.40. The maximum absolute atomic E-state index is 12.0. The van der Waals surface area contributed by atoms with E-state index in [4.69, 9.17) is 18.6 Å². The van der Waals surface area contributed by atoms with Crippen molar-refractivity contribution in [2.24, 2.45) is 0 Å². The molecule has 0 spiro atoms. The zero-order valence-electron chi connectivity index (χ0n) is 16.0. The maximum atomic E-state index is 12.0. The smallest absolute Gasteiger partial charge is 0.287 e. The maximum Gasteiger partial charge on any atom is 0.287 e. The van der Waals surface area contributed by atoms with Crippen LogP contribution in [0.2, 0.25) is 0 Å². The molecule has 0 saturated carbocycles. The number of furan rings is 1. The Morgan fingerprint density at radius 3 is 2.76 bits per heavy atom. The Morgan fingerprint density at radius 2 is 2.07 bits per heavy atom. The topological polar surface area (TPSA) is 99.0 Å². The van der Waals surface area contributed by atoms with Gasteiger partial charge in [-0.15, -0.1) is 0 Å². The van der Waals surface area contributed by atoms with Gasteiger partial charge in [0.25, 0.3) is 5.91 Å². The molecule has 0 bridgehead atoms. The number of amides is 2. The second kappa shape index (κ2) is 10.3. The third kappa shape index (κ3) is 6.23. The zero-order chi connectivity index (χ0) is 20.6. The summed E-state index contributed by atoms with van der Waals surface area (Å²) in [5.41, 5.74) is 0.848. The van der Waals surface area contributed by atoms with Gasteiger partial charge in [-0.3, -0.25) is 9.59 Å². The second-order valence-corrected chi connectivity index (χ2v) is 7.28. The van der Waals surface area contributed by atoms with Crippen LogP contribution in [0.15, 0.2) is 39.4 Å². The molecule has 9 heteroatoms. The van der Waals surface area contributed by atoms with E-state index in [0.29, 0.717) is 29.3 Å². The highest BCUT2D eigenvalue weighted by molar-refractivity contribution is 9.10. The molecule has 29 heavy (non-hydrogen) atoms. The molecule has 156 valence electrons. The van der Waals surface area contributed by atoms with Crippen LogP contribution in [0.3, 0.4) is 0 Å². The van der Waals surface area contributed by atoms with Crippen LogP contribution in [0.25, 0.3) is 0 Å². The van der Waals surface area contributed by atoms with Gasteiger partial charge in [-0.25, -0.2) is 0 Å². The number of hydrogen-bond acceptors (Lipinski definition) is 6. The fraction of sp³-hybridized carbons (Fsp3) is 0.400. The van der Waals surface area contributed by atoms with E-state index in [1.54, 1.807) is 13.2 Å². The fourth-order valence-corrected chi connectivity index (χ4v) is 3.15. The van der Waals surface area contributed by atoms with Gasteiger partial charge in [-0.2, -0.15) is 0 Å². The Morgan fingerprint density at radius 1 is 1.21 bits per heavy atom. The molecule has 1 fully saturated rings. The summed E-state index contributed by atoms with van der Waals surface area (Å²) >= 11 is 3.12. The fourth-order valence-electron chi connectivity index (χ4n) is 2.85. The summed E-state index contributed by atoms with van der Waals surface area (Å²) < 4.78 is 22.3. The Labute approximate surface area is 177 Å². The summed E-state index contributed by atoms with van der Waals surface area (Å²) in [6.07, 6.45) is 2.18. The van der Waals surface area contributed by atoms with Gasteiger partial charge in [0.05, 0.1) is 19.8 Å². The first-order chi connectivity index (χ1) is 14.0. The Kier molecular flexibility index (Phi) is 7.54. The molecule has 2 aromatic rings. The number of carbonyl (C=O) groups is 2. The van der Waals surface area contributed by atoms with E-state index in [-0.39, 0.29) is 24.3 Å². The Bertz CT molecular complexity index is 847. The van der Waals surface area contributed by atoms with Crippen molar-refractivity contribution >= 4 is 27.7 Å². The molecule has 1 atom stereocenters. The lowest BCUT2D eigenvalue weighted by Crippen LogP contribution is -2.36. The number of carbonyl (C=O) groups excluding carboxylic acids is 2. The first-order valence-electron chi connectivity index (χ1n) is 9.26. The number of hydrogen-bond donors (Lipinski definition) is 2. The molecule has 8 nitrogen and oxygen atoms in total. The van der Waals surface area contributed by atoms with Crippen molar-refractivity contribution in [3.05, 3.63) is 46.3 Å². The highest BCUT2D eigenvalue weighted by Gasteiger charge is 2.17. The third-order valence-electron chi connectivity index (χ3n) is 4.37. The molecule has 1 aromatic heterocycles. The van der Waals surface area contributed by atoms with Crippen molar-refractivity contribution in [2.75, 3.05) is 26.9 Å². The van der Waals surface area contributed by atoms with Crippen LogP contribution in [0.5, 0.6) is 11.5 Å². The molecule has 3 rings (SSSR count). The van der Waals surface area contributed by atoms with Crippen molar-refractivity contribution in [2.45, 2.75) is 25.5 Å². The average Bonchev–Trinajstić information content (AvgIpc) is 3.40. The van der Waals surface area contributed by atoms with Gasteiger partial charge in [0.15, 0.2) is 21.9 Å². The summed E-state index contributed by atoms with van der Waals surface area (Å²) in [6, 6.07) is 8.60. The number of benzene rings is 1. The van der Waals surface area contributed by atoms with Crippen LogP contribution in [-0.2, 0) is 16.1 Å². The third-order valence-corrected chi connectivity index (χ3v) is 4.80. The normalized spacial score (nSPS) is 15.7. The molecule has 0 aliphatic carbocycles. The SMILES string of the molecule is COc1cc(CNC(=O)CNC(=O)c2ccc(Br)o2)ccc1OCC1CCCO1. The monoisotopic (exact) mass is 466 g/mol. The Balaban J connectivity index is 1.45. The predicted molar refractivity (Wildman–Crippen MR) is 108 cm³/mol. The highest BCUT2D eigenvalue weighted by Crippen LogP contribution is 2.29. The summed E-state index contributed by atoms with van der Waals surface area (Å²) in [4.78, 5) is 23.9. The van der Waals surface area contributed by atoms with Gasteiger partial charge >= 0.3 is 0 Å². The van der Waals surface area contributed by atoms with Crippen molar-refractivity contribution in [1.29, 1.82) is 0 Å². The van der Waals surface area contributed by atoms with Crippen molar-refractivity contribution in [1.82, 2.24) is 10.6 Å². The van der Waals surface area contributed by atoms with E-state index in [0.717, 1.165) is 25.0 Å². The van der Waals surface area contributed by atoms with E-state index < -0.39 is 5.91 Å². The van der Waals surface area contributed by atoms with Gasteiger partial charge in [0.1, 0.15) is 6.61 Å². The minimum absolute atomic E-state index is 0.121. The number of rotatable bonds is 9. The lowest BCUT2D eigenvalue weighted by atomic mass is 10.2. The van der Waals surface area contributed by atoms with Crippen LogP contribution in [0.4, 0.5) is 0 Å². The minimum Gasteiger partial charge on any atom is -0.493 e. The molecule has 1 saturated heterocycles. The lowest BCUT2D eigenvalue weighted by Gasteiger charge is -2.15. The van der Waals surface area contributed by atoms with Crippen LogP contribution in [0.1, 0.15) is 29.0 Å². The van der Waals surface area contributed by atoms with Crippen molar-refractivity contribution in [3.8, 4) is 11.5 Å². The van der Waals surface area contributed by atoms with Gasteiger partial charge in [-0.1, -0.05) is 6.07 Å². The number of ether oxygens (including phenoxy) is 3. The van der Waals surface area contributed by atoms with Crippen LogP contribution < -0.4 is 20.1 Å². The molecule has 1 aromatic carbocycles. The first-order valence-corrected chi connectivity index (χ1v) is 10.1. The number of nitrogens with one attached hydrogen (secondary N) is 2. The molecule has 2 amide bonds. The molecule has 1 aliphatic heterocycles. The van der Waals surface area contributed by atoms with Crippen LogP contribution in [0, 0.1) is 0 Å². The van der Waals surface area contributed by atoms with E-state index in [9.17, 15) is 9.59 Å². The van der Waals surface area contributed by atoms with Crippen molar-refractivity contribution in [3.63, 3.8) is 0 Å². The Hall–Kier alpha value is -2.52. The molecule has 2 N–H and O–H groups in total. The molecule has 1 unspecified atom stereocenters. The van der Waals surface area contributed by atoms with Gasteiger partial charge < -0.3 is 29.3 Å². The largest absolute Gasteiger partial charge is 0.493 e. The molecular weight excluding hydrogens is 444 g/mol. The van der Waals surface area contributed by atoms with Gasteiger partial charge in [0.2, 0.25) is 5.91 Å². The van der Waals surface area contributed by atoms with E-state index >= 15 is 0 Å². The predicted octanol–water partition coefficient (Wildman–Crippen LogP) is 2.65. The molecule has 2 heterocycles. The average molecular weight is 467 g/mol. The summed E-state index contributed by atoms with van der Waals surface area (Å²) in [5, 5.41) is 5.25.